The fraction of sp³-hybridized carbons (Fsp3) is 0.583. The number of nitrogens with zero attached hydrogens (tertiary/aromatic N) is 1. The molecule has 0 bridgehead atoms. The van der Waals surface area contributed by atoms with Crippen LogP contribution in [0.1, 0.15) is 37.6 Å². The molecule has 1 N–H and O–H groups in total. The molecule has 2 heterocycles. The minimum Gasteiger partial charge on any atom is -0.357 e. The third kappa shape index (κ3) is 3.01. The van der Waals surface area contributed by atoms with Gasteiger partial charge in [0, 0.05) is 10.6 Å². The molecule has 2 nitrogen and oxygen atoms in total. The Hall–Kier alpha value is -0.480. The van der Waals surface area contributed by atoms with E-state index in [0.717, 1.165) is 10.9 Å². The van der Waals surface area contributed by atoms with E-state index in [1.54, 1.807) is 0 Å². The molecule has 1 aliphatic rings. The summed E-state index contributed by atoms with van der Waals surface area (Å²) in [6, 6.07) is 5.25. The number of rotatable bonds is 4. The van der Waals surface area contributed by atoms with E-state index in [4.69, 9.17) is 0 Å². The van der Waals surface area contributed by atoms with E-state index in [-0.39, 0.29) is 0 Å². The summed E-state index contributed by atoms with van der Waals surface area (Å²) in [6.07, 6.45) is 2.37. The summed E-state index contributed by atoms with van der Waals surface area (Å²) in [7, 11) is 0. The zero-order valence-corrected chi connectivity index (χ0v) is 11.4. The molecule has 0 fully saturated rings. The number of nitrogens with one attached hydrogen (secondary N) is 1. The van der Waals surface area contributed by atoms with Gasteiger partial charge in [-0.1, -0.05) is 31.2 Å². The molecule has 88 valence electrons. The van der Waals surface area contributed by atoms with Crippen molar-refractivity contribution in [2.24, 2.45) is 4.99 Å². The molecule has 1 aliphatic heterocycles. The second kappa shape index (κ2) is 5.73. The van der Waals surface area contributed by atoms with Crippen molar-refractivity contribution < 1.29 is 0 Å². The van der Waals surface area contributed by atoms with Crippen molar-refractivity contribution in [2.75, 3.05) is 5.75 Å². The Morgan fingerprint density at radius 2 is 2.50 bits per heavy atom. The molecule has 2 unspecified atom stereocenters. The molecule has 1 aromatic heterocycles. The number of thiophene rings is 1. The van der Waals surface area contributed by atoms with Gasteiger partial charge in [-0.2, -0.15) is 0 Å². The van der Waals surface area contributed by atoms with Gasteiger partial charge in [0.05, 0.1) is 12.1 Å². The topological polar surface area (TPSA) is 24.4 Å². The van der Waals surface area contributed by atoms with Crippen LogP contribution in [0.5, 0.6) is 0 Å². The lowest BCUT2D eigenvalue weighted by Crippen LogP contribution is -2.24. The van der Waals surface area contributed by atoms with Gasteiger partial charge in [-0.15, -0.1) is 11.3 Å². The summed E-state index contributed by atoms with van der Waals surface area (Å²) in [4.78, 5) is 6.01. The van der Waals surface area contributed by atoms with Crippen molar-refractivity contribution in [2.45, 2.75) is 38.8 Å². The highest BCUT2D eigenvalue weighted by Crippen LogP contribution is 2.26. The summed E-state index contributed by atoms with van der Waals surface area (Å²) in [5.41, 5.74) is 0. The Balaban J connectivity index is 2.01. The van der Waals surface area contributed by atoms with E-state index in [0.29, 0.717) is 12.1 Å². The number of hydrogen-bond donors (Lipinski definition) is 1. The van der Waals surface area contributed by atoms with Gasteiger partial charge in [-0.3, -0.25) is 4.99 Å². The zero-order chi connectivity index (χ0) is 11.4. The van der Waals surface area contributed by atoms with E-state index in [2.05, 4.69) is 41.7 Å². The van der Waals surface area contributed by atoms with Gasteiger partial charge in [0.25, 0.3) is 0 Å². The van der Waals surface area contributed by atoms with Crippen molar-refractivity contribution >= 4 is 28.3 Å². The van der Waals surface area contributed by atoms with E-state index >= 15 is 0 Å². The van der Waals surface area contributed by atoms with Crippen LogP contribution in [0.25, 0.3) is 0 Å². The highest BCUT2D eigenvalue weighted by Gasteiger charge is 2.18. The molecule has 2 atom stereocenters. The van der Waals surface area contributed by atoms with Crippen molar-refractivity contribution in [1.82, 2.24) is 5.32 Å². The Morgan fingerprint density at radius 1 is 1.62 bits per heavy atom. The fourth-order valence-corrected chi connectivity index (χ4v) is 3.53. The van der Waals surface area contributed by atoms with Crippen molar-refractivity contribution in [3.05, 3.63) is 22.4 Å². The lowest BCUT2D eigenvalue weighted by atomic mass is 10.1. The first-order chi connectivity index (χ1) is 7.79. The fourth-order valence-electron chi connectivity index (χ4n) is 1.77. The van der Waals surface area contributed by atoms with Crippen LogP contribution in [0.2, 0.25) is 0 Å². The summed E-state index contributed by atoms with van der Waals surface area (Å²) >= 11 is 3.67. The minimum absolute atomic E-state index is 0.446. The van der Waals surface area contributed by atoms with Crippen molar-refractivity contribution in [1.29, 1.82) is 0 Å². The van der Waals surface area contributed by atoms with Gasteiger partial charge in [-0.05, 0) is 24.8 Å². The van der Waals surface area contributed by atoms with Crippen LogP contribution in [0.4, 0.5) is 0 Å². The van der Waals surface area contributed by atoms with E-state index < -0.39 is 0 Å². The average molecular weight is 254 g/mol. The second-order valence-corrected chi connectivity index (χ2v) is 6.08. The van der Waals surface area contributed by atoms with E-state index in [1.165, 1.54) is 17.7 Å². The van der Waals surface area contributed by atoms with Crippen LogP contribution in [0.3, 0.4) is 0 Å². The molecular formula is C12H18N2S2. The first-order valence-corrected chi connectivity index (χ1v) is 7.66. The van der Waals surface area contributed by atoms with Crippen LogP contribution in [0.15, 0.2) is 22.5 Å². The first kappa shape index (κ1) is 12.0. The molecule has 16 heavy (non-hydrogen) atoms. The quantitative estimate of drug-likeness (QED) is 0.886. The Kier molecular flexibility index (Phi) is 4.29. The molecule has 0 amide bonds. The van der Waals surface area contributed by atoms with Crippen LogP contribution in [-0.2, 0) is 0 Å². The number of amidine groups is 1. The predicted molar refractivity (Wildman–Crippen MR) is 74.5 cm³/mol. The summed E-state index contributed by atoms with van der Waals surface area (Å²) in [6.45, 7) is 4.40. The zero-order valence-electron chi connectivity index (χ0n) is 9.77. The molecule has 4 heteroatoms. The van der Waals surface area contributed by atoms with Gasteiger partial charge in [0.1, 0.15) is 0 Å². The average Bonchev–Trinajstić information content (AvgIpc) is 2.88. The van der Waals surface area contributed by atoms with E-state index in [1.807, 2.05) is 23.1 Å². The SMILES string of the molecule is CCCC(NC1=NC(C)CS1)c1cccs1. The highest BCUT2D eigenvalue weighted by molar-refractivity contribution is 8.14. The second-order valence-electron chi connectivity index (χ2n) is 4.10. The first-order valence-electron chi connectivity index (χ1n) is 5.80. The molecule has 0 radical (unpaired) electrons. The standard InChI is InChI=1S/C12H18N2S2/c1-3-5-10(11-6-4-7-15-11)14-12-13-9(2)8-16-12/h4,6-7,9-10H,3,5,8H2,1-2H3,(H,13,14). The monoisotopic (exact) mass is 254 g/mol. The number of thioether (sulfide) groups is 1. The van der Waals surface area contributed by atoms with Crippen LogP contribution in [-0.4, -0.2) is 17.0 Å². The highest BCUT2D eigenvalue weighted by atomic mass is 32.2. The minimum atomic E-state index is 0.446. The van der Waals surface area contributed by atoms with Crippen LogP contribution >= 0.6 is 23.1 Å². The molecular weight excluding hydrogens is 236 g/mol. The van der Waals surface area contributed by atoms with Gasteiger partial charge in [0.15, 0.2) is 5.17 Å². The van der Waals surface area contributed by atoms with E-state index in [9.17, 15) is 0 Å². The molecule has 0 saturated carbocycles. The molecule has 2 rings (SSSR count). The largest absolute Gasteiger partial charge is 0.357 e. The van der Waals surface area contributed by atoms with Crippen molar-refractivity contribution in [3.8, 4) is 0 Å². The summed E-state index contributed by atoms with van der Waals surface area (Å²) < 4.78 is 0. The Labute approximate surface area is 106 Å². The molecule has 0 aliphatic carbocycles. The lowest BCUT2D eigenvalue weighted by Gasteiger charge is -2.17. The summed E-state index contributed by atoms with van der Waals surface area (Å²) in [5.74, 6) is 1.12. The molecule has 0 aromatic carbocycles. The molecule has 0 saturated heterocycles. The predicted octanol–water partition coefficient (Wildman–Crippen LogP) is 3.67. The molecule has 0 spiro atoms. The molecule has 1 aromatic rings. The number of aliphatic imine (C=N–C) groups is 1. The Morgan fingerprint density at radius 3 is 3.06 bits per heavy atom. The third-order valence-corrected chi connectivity index (χ3v) is 4.69. The van der Waals surface area contributed by atoms with Gasteiger partial charge >= 0.3 is 0 Å². The smallest absolute Gasteiger partial charge is 0.157 e. The maximum absolute atomic E-state index is 4.59. The maximum atomic E-state index is 4.59. The van der Waals surface area contributed by atoms with Crippen LogP contribution in [0, 0.1) is 0 Å². The summed E-state index contributed by atoms with van der Waals surface area (Å²) in [5, 5.41) is 6.84. The maximum Gasteiger partial charge on any atom is 0.157 e. The number of hydrogen-bond acceptors (Lipinski definition) is 4. The van der Waals surface area contributed by atoms with Crippen LogP contribution < -0.4 is 5.32 Å². The normalized spacial score (nSPS) is 21.9. The van der Waals surface area contributed by atoms with Gasteiger partial charge in [-0.25, -0.2) is 0 Å². The van der Waals surface area contributed by atoms with Crippen molar-refractivity contribution in [3.63, 3.8) is 0 Å². The van der Waals surface area contributed by atoms with Gasteiger partial charge in [0.2, 0.25) is 0 Å². The Bertz CT molecular complexity index is 346. The third-order valence-electron chi connectivity index (χ3n) is 2.56. The van der Waals surface area contributed by atoms with Gasteiger partial charge < -0.3 is 5.32 Å². The lowest BCUT2D eigenvalue weighted by molar-refractivity contribution is 0.593.